The molecular weight excluding hydrogens is 350 g/mol. The molecule has 6 rings (SSSR count). The molecule has 0 unspecified atom stereocenters. The minimum Gasteiger partial charge on any atom is -0.340 e. The second kappa shape index (κ2) is 6.80. The summed E-state index contributed by atoms with van der Waals surface area (Å²) in [5.74, 6) is 0.974. The zero-order valence-corrected chi connectivity index (χ0v) is 16.4. The summed E-state index contributed by atoms with van der Waals surface area (Å²) in [6.45, 7) is 2.12. The summed E-state index contributed by atoms with van der Waals surface area (Å²) in [6, 6.07) is 14.3. The molecule has 0 N–H and O–H groups in total. The van der Waals surface area contributed by atoms with Crippen LogP contribution in [0.2, 0.25) is 0 Å². The number of nitrogens with zero attached hydrogens (tertiary/aromatic N) is 3. The summed E-state index contributed by atoms with van der Waals surface area (Å²) in [5.41, 5.74) is 2.83. The van der Waals surface area contributed by atoms with Crippen LogP contribution >= 0.6 is 0 Å². The molecule has 4 aliphatic rings. The van der Waals surface area contributed by atoms with E-state index in [1.807, 2.05) is 46.8 Å². The molecule has 2 aromatic rings. The number of carbonyl (C=O) groups is 2. The Labute approximate surface area is 165 Å². The molecule has 1 saturated carbocycles. The lowest BCUT2D eigenvalue weighted by Crippen LogP contribution is -2.48. The van der Waals surface area contributed by atoms with Crippen LogP contribution in [0.4, 0.5) is 0 Å². The van der Waals surface area contributed by atoms with E-state index >= 15 is 0 Å². The predicted octanol–water partition coefficient (Wildman–Crippen LogP) is 3.17. The van der Waals surface area contributed by atoms with E-state index in [0.29, 0.717) is 24.7 Å². The Bertz CT molecular complexity index is 900. The number of piperidine rings is 1. The van der Waals surface area contributed by atoms with E-state index in [4.69, 9.17) is 0 Å². The summed E-state index contributed by atoms with van der Waals surface area (Å²) in [4.78, 5) is 30.3. The first-order valence-corrected chi connectivity index (χ1v) is 10.4. The highest BCUT2D eigenvalue weighted by Crippen LogP contribution is 2.36. The number of rotatable bonds is 4. The summed E-state index contributed by atoms with van der Waals surface area (Å²) in [6.07, 6.45) is 4.43. The number of carbonyl (C=O) groups excluding carboxylic acids is 2. The maximum atomic E-state index is 13.4. The van der Waals surface area contributed by atoms with Gasteiger partial charge in [0.15, 0.2) is 0 Å². The van der Waals surface area contributed by atoms with Gasteiger partial charge in [0.25, 0.3) is 5.91 Å². The van der Waals surface area contributed by atoms with Crippen molar-refractivity contribution in [3.8, 4) is 11.3 Å². The van der Waals surface area contributed by atoms with E-state index in [1.165, 1.54) is 12.8 Å². The van der Waals surface area contributed by atoms with Gasteiger partial charge in [-0.15, -0.1) is 0 Å². The van der Waals surface area contributed by atoms with E-state index in [0.717, 1.165) is 30.6 Å². The molecule has 4 fully saturated rings. The van der Waals surface area contributed by atoms with Crippen LogP contribution in [0, 0.1) is 11.8 Å². The minimum atomic E-state index is -0.0321. The summed E-state index contributed by atoms with van der Waals surface area (Å²) in [5, 5.41) is 0. The van der Waals surface area contributed by atoms with Crippen molar-refractivity contribution in [1.29, 1.82) is 0 Å². The Morgan fingerprint density at radius 1 is 1.00 bits per heavy atom. The van der Waals surface area contributed by atoms with Gasteiger partial charge < -0.3 is 14.4 Å². The summed E-state index contributed by atoms with van der Waals surface area (Å²) in [7, 11) is 1.95. The van der Waals surface area contributed by atoms with Gasteiger partial charge in [-0.3, -0.25) is 9.59 Å². The molecule has 2 atom stereocenters. The smallest absolute Gasteiger partial charge is 0.270 e. The molecule has 3 saturated heterocycles. The van der Waals surface area contributed by atoms with Crippen molar-refractivity contribution in [2.45, 2.75) is 31.7 Å². The summed E-state index contributed by atoms with van der Waals surface area (Å²) < 4.78 is 1.98. The van der Waals surface area contributed by atoms with E-state index in [-0.39, 0.29) is 23.8 Å². The summed E-state index contributed by atoms with van der Waals surface area (Å²) >= 11 is 0. The fraction of sp³-hybridized carbons (Fsp3) is 0.478. The minimum absolute atomic E-state index is 0.0321. The highest BCUT2D eigenvalue weighted by Gasteiger charge is 2.43. The number of hydrogen-bond acceptors (Lipinski definition) is 2. The van der Waals surface area contributed by atoms with Crippen LogP contribution in [-0.2, 0) is 11.8 Å². The van der Waals surface area contributed by atoms with Gasteiger partial charge in [0.2, 0.25) is 5.91 Å². The van der Waals surface area contributed by atoms with Crippen molar-refractivity contribution in [1.82, 2.24) is 14.4 Å². The number of benzene rings is 1. The predicted molar refractivity (Wildman–Crippen MR) is 108 cm³/mol. The van der Waals surface area contributed by atoms with Gasteiger partial charge in [0, 0.05) is 38.4 Å². The van der Waals surface area contributed by atoms with E-state index in [1.54, 1.807) is 0 Å². The topological polar surface area (TPSA) is 45.6 Å². The third-order valence-electron chi connectivity index (χ3n) is 6.64. The molecular formula is C23H27N3O2. The molecule has 146 valence electrons. The van der Waals surface area contributed by atoms with E-state index in [9.17, 15) is 9.59 Å². The lowest BCUT2D eigenvalue weighted by atomic mass is 9.94. The Morgan fingerprint density at radius 2 is 1.79 bits per heavy atom. The molecule has 2 bridgehead atoms. The quantitative estimate of drug-likeness (QED) is 0.822. The van der Waals surface area contributed by atoms with Crippen LogP contribution < -0.4 is 0 Å². The van der Waals surface area contributed by atoms with Crippen LogP contribution in [0.1, 0.15) is 36.2 Å². The van der Waals surface area contributed by atoms with Crippen molar-refractivity contribution in [3.05, 3.63) is 48.2 Å². The molecule has 1 aromatic carbocycles. The van der Waals surface area contributed by atoms with Crippen LogP contribution in [-0.4, -0.2) is 51.9 Å². The molecule has 28 heavy (non-hydrogen) atoms. The number of fused-ring (bicyclic) bond motifs is 4. The van der Waals surface area contributed by atoms with Gasteiger partial charge in [0.1, 0.15) is 5.69 Å². The number of aromatic nitrogens is 1. The zero-order valence-electron chi connectivity index (χ0n) is 16.4. The maximum absolute atomic E-state index is 13.4. The van der Waals surface area contributed by atoms with Gasteiger partial charge in [0.05, 0.1) is 5.92 Å². The Kier molecular flexibility index (Phi) is 4.26. The molecule has 4 heterocycles. The molecule has 1 aromatic heterocycles. The van der Waals surface area contributed by atoms with Crippen molar-refractivity contribution < 1.29 is 9.59 Å². The Balaban J connectivity index is 1.39. The first kappa shape index (κ1) is 17.5. The fourth-order valence-corrected chi connectivity index (χ4v) is 4.81. The standard InChI is InChI=1S/C23H27N3O2/c1-24-20(17-5-3-2-4-6-17)11-12-21(24)23(28)25-14-18-9-10-19(15-25)26(22(18)27)13-16-7-8-16/h2-6,11-12,16,18-19H,7-10,13-15H2,1H3/t18-,19+/m1/s1. The van der Waals surface area contributed by atoms with Crippen LogP contribution in [0.25, 0.3) is 11.3 Å². The Hall–Kier alpha value is -2.56. The maximum Gasteiger partial charge on any atom is 0.270 e. The lowest BCUT2D eigenvalue weighted by Gasteiger charge is -2.36. The molecule has 5 nitrogen and oxygen atoms in total. The van der Waals surface area contributed by atoms with Gasteiger partial charge in [-0.05, 0) is 49.3 Å². The van der Waals surface area contributed by atoms with Crippen LogP contribution in [0.5, 0.6) is 0 Å². The highest BCUT2D eigenvalue weighted by atomic mass is 16.2. The molecule has 1 aliphatic carbocycles. The molecule has 3 aliphatic heterocycles. The third kappa shape index (κ3) is 3.03. The third-order valence-corrected chi connectivity index (χ3v) is 6.64. The number of hydrogen-bond donors (Lipinski definition) is 0. The van der Waals surface area contributed by atoms with Gasteiger partial charge in [-0.2, -0.15) is 0 Å². The fourth-order valence-electron chi connectivity index (χ4n) is 4.81. The van der Waals surface area contributed by atoms with Crippen molar-refractivity contribution in [3.63, 3.8) is 0 Å². The largest absolute Gasteiger partial charge is 0.340 e. The monoisotopic (exact) mass is 377 g/mol. The normalized spacial score (nSPS) is 24.5. The van der Waals surface area contributed by atoms with Crippen molar-refractivity contribution in [2.75, 3.05) is 19.6 Å². The van der Waals surface area contributed by atoms with Crippen molar-refractivity contribution >= 4 is 11.8 Å². The van der Waals surface area contributed by atoms with Gasteiger partial charge in [-0.1, -0.05) is 30.3 Å². The van der Waals surface area contributed by atoms with Gasteiger partial charge >= 0.3 is 0 Å². The molecule has 5 heteroatoms. The second-order valence-electron chi connectivity index (χ2n) is 8.60. The lowest BCUT2D eigenvalue weighted by molar-refractivity contribution is -0.140. The second-order valence-corrected chi connectivity index (χ2v) is 8.60. The zero-order chi connectivity index (χ0) is 19.3. The Morgan fingerprint density at radius 3 is 2.54 bits per heavy atom. The first-order valence-electron chi connectivity index (χ1n) is 10.4. The average Bonchev–Trinajstić information content (AvgIpc) is 3.50. The average molecular weight is 377 g/mol. The van der Waals surface area contributed by atoms with E-state index in [2.05, 4.69) is 17.0 Å². The SMILES string of the molecule is Cn1c(C(=O)N2C[C@H]3CC[C@@H](C2)N(CC2CC2)C3=O)ccc1-c1ccccc1. The highest BCUT2D eigenvalue weighted by molar-refractivity contribution is 5.94. The molecule has 0 radical (unpaired) electrons. The number of amides is 2. The molecule has 2 amide bonds. The van der Waals surface area contributed by atoms with Gasteiger partial charge in [-0.25, -0.2) is 0 Å². The van der Waals surface area contributed by atoms with Crippen LogP contribution in [0.3, 0.4) is 0 Å². The first-order chi connectivity index (χ1) is 13.6. The molecule has 0 spiro atoms. The van der Waals surface area contributed by atoms with Crippen molar-refractivity contribution in [2.24, 2.45) is 18.9 Å². The van der Waals surface area contributed by atoms with Crippen LogP contribution in [0.15, 0.2) is 42.5 Å². The van der Waals surface area contributed by atoms with E-state index < -0.39 is 0 Å².